The topological polar surface area (TPSA) is 67.6 Å². The fourth-order valence-electron chi connectivity index (χ4n) is 1.14. The van der Waals surface area contributed by atoms with Crippen LogP contribution in [0.25, 0.3) is 0 Å². The molecule has 0 saturated carbocycles. The van der Waals surface area contributed by atoms with Crippen molar-refractivity contribution in [3.8, 4) is 0 Å². The lowest BCUT2D eigenvalue weighted by atomic mass is 10.1. The number of rotatable bonds is 8. The zero-order valence-corrected chi connectivity index (χ0v) is 10.9. The Kier molecular flexibility index (Phi) is 7.29. The number of nitrogens with two attached hydrogens (primary N) is 1. The number of hydrogen-bond acceptors (Lipinski definition) is 4. The van der Waals surface area contributed by atoms with E-state index >= 15 is 0 Å². The third kappa shape index (κ3) is 7.62. The number of nitrogens with zero attached hydrogens (tertiary/aromatic N) is 1. The summed E-state index contributed by atoms with van der Waals surface area (Å²) in [6.45, 7) is 6.65. The summed E-state index contributed by atoms with van der Waals surface area (Å²) < 4.78 is 4.97. The molecule has 0 aromatic rings. The lowest BCUT2D eigenvalue weighted by Crippen LogP contribution is -2.49. The molecule has 1 amide bonds. The van der Waals surface area contributed by atoms with E-state index in [1.165, 1.54) is 0 Å². The summed E-state index contributed by atoms with van der Waals surface area (Å²) in [5.41, 5.74) is 4.86. The van der Waals surface area contributed by atoms with Crippen molar-refractivity contribution >= 4 is 5.91 Å². The van der Waals surface area contributed by atoms with Crippen molar-refractivity contribution in [2.75, 3.05) is 40.4 Å². The van der Waals surface area contributed by atoms with Crippen LogP contribution in [0.5, 0.6) is 0 Å². The third-order valence-electron chi connectivity index (χ3n) is 2.26. The highest BCUT2D eigenvalue weighted by molar-refractivity contribution is 5.84. The number of ether oxygens (including phenoxy) is 1. The van der Waals surface area contributed by atoms with E-state index in [-0.39, 0.29) is 5.91 Å². The summed E-state index contributed by atoms with van der Waals surface area (Å²) in [7, 11) is 3.73. The van der Waals surface area contributed by atoms with Gasteiger partial charge in [-0.2, -0.15) is 0 Å². The van der Waals surface area contributed by atoms with Crippen molar-refractivity contribution in [3.63, 3.8) is 0 Å². The molecule has 0 fully saturated rings. The molecule has 0 aromatic carbocycles. The Labute approximate surface area is 98.3 Å². The summed E-state index contributed by atoms with van der Waals surface area (Å²) in [6, 6.07) is 0. The maximum Gasteiger partial charge on any atom is 0.239 e. The largest absolute Gasteiger partial charge is 0.383 e. The fourth-order valence-corrected chi connectivity index (χ4v) is 1.14. The smallest absolute Gasteiger partial charge is 0.239 e. The molecular formula is C11H25N3O2. The summed E-state index contributed by atoms with van der Waals surface area (Å²) in [6.07, 6.45) is 0.919. The van der Waals surface area contributed by atoms with Gasteiger partial charge in [0, 0.05) is 20.2 Å². The van der Waals surface area contributed by atoms with Gasteiger partial charge >= 0.3 is 0 Å². The van der Waals surface area contributed by atoms with E-state index in [0.29, 0.717) is 6.54 Å². The Morgan fingerprint density at radius 1 is 1.44 bits per heavy atom. The van der Waals surface area contributed by atoms with Gasteiger partial charge in [0.1, 0.15) is 0 Å². The van der Waals surface area contributed by atoms with E-state index in [1.54, 1.807) is 21.0 Å². The van der Waals surface area contributed by atoms with E-state index in [4.69, 9.17) is 10.5 Å². The van der Waals surface area contributed by atoms with Crippen LogP contribution in [0.4, 0.5) is 0 Å². The van der Waals surface area contributed by atoms with Gasteiger partial charge in [0.2, 0.25) is 5.91 Å². The Bertz CT molecular complexity index is 202. The lowest BCUT2D eigenvalue weighted by Gasteiger charge is -2.19. The van der Waals surface area contributed by atoms with Gasteiger partial charge in [0.25, 0.3) is 0 Å². The molecule has 0 unspecified atom stereocenters. The summed E-state index contributed by atoms with van der Waals surface area (Å²) in [5.74, 6) is -0.105. The Hall–Kier alpha value is -0.650. The highest BCUT2D eigenvalue weighted by Gasteiger charge is 2.20. The molecule has 96 valence electrons. The average molecular weight is 231 g/mol. The van der Waals surface area contributed by atoms with Gasteiger partial charge in [0.05, 0.1) is 12.1 Å². The van der Waals surface area contributed by atoms with E-state index in [9.17, 15) is 4.79 Å². The molecule has 0 bridgehead atoms. The highest BCUT2D eigenvalue weighted by atomic mass is 16.5. The van der Waals surface area contributed by atoms with Crippen molar-refractivity contribution < 1.29 is 9.53 Å². The Balaban J connectivity index is 3.50. The normalized spacial score (nSPS) is 11.9. The van der Waals surface area contributed by atoms with Crippen molar-refractivity contribution in [1.82, 2.24) is 10.2 Å². The SMILES string of the molecule is COCCN(C)CCCNC(=O)C(C)(C)N. The van der Waals surface area contributed by atoms with Crippen LogP contribution in [0.2, 0.25) is 0 Å². The van der Waals surface area contributed by atoms with Gasteiger partial charge in [-0.3, -0.25) is 4.79 Å². The van der Waals surface area contributed by atoms with Crippen molar-refractivity contribution in [2.45, 2.75) is 25.8 Å². The minimum atomic E-state index is -0.790. The predicted octanol–water partition coefficient (Wildman–Crippen LogP) is -0.192. The van der Waals surface area contributed by atoms with Crippen LogP contribution >= 0.6 is 0 Å². The van der Waals surface area contributed by atoms with Gasteiger partial charge < -0.3 is 20.7 Å². The quantitative estimate of drug-likeness (QED) is 0.568. The molecule has 5 heteroatoms. The van der Waals surface area contributed by atoms with Crippen LogP contribution in [-0.4, -0.2) is 56.7 Å². The molecule has 3 N–H and O–H groups in total. The molecule has 0 aliphatic rings. The second-order valence-corrected chi connectivity index (χ2v) is 4.63. The number of amides is 1. The molecule has 0 spiro atoms. The molecular weight excluding hydrogens is 206 g/mol. The van der Waals surface area contributed by atoms with Crippen LogP contribution < -0.4 is 11.1 Å². The second kappa shape index (κ2) is 7.60. The molecule has 0 heterocycles. The molecule has 0 aliphatic heterocycles. The zero-order valence-electron chi connectivity index (χ0n) is 10.9. The van der Waals surface area contributed by atoms with Crippen LogP contribution in [0.1, 0.15) is 20.3 Å². The summed E-state index contributed by atoms with van der Waals surface area (Å²) >= 11 is 0. The predicted molar refractivity (Wildman–Crippen MR) is 65.3 cm³/mol. The number of carbonyl (C=O) groups excluding carboxylic acids is 1. The van der Waals surface area contributed by atoms with Crippen molar-refractivity contribution in [1.29, 1.82) is 0 Å². The first-order valence-electron chi connectivity index (χ1n) is 5.62. The van der Waals surface area contributed by atoms with E-state index < -0.39 is 5.54 Å². The first kappa shape index (κ1) is 15.3. The van der Waals surface area contributed by atoms with Gasteiger partial charge in [-0.05, 0) is 33.9 Å². The number of methoxy groups -OCH3 is 1. The monoisotopic (exact) mass is 231 g/mol. The zero-order chi connectivity index (χ0) is 12.6. The third-order valence-corrected chi connectivity index (χ3v) is 2.26. The maximum atomic E-state index is 11.4. The van der Waals surface area contributed by atoms with Crippen LogP contribution in [0.15, 0.2) is 0 Å². The van der Waals surface area contributed by atoms with E-state index in [0.717, 1.165) is 26.1 Å². The molecule has 0 saturated heterocycles. The van der Waals surface area contributed by atoms with E-state index in [1.807, 2.05) is 7.05 Å². The minimum Gasteiger partial charge on any atom is -0.383 e. The summed E-state index contributed by atoms with van der Waals surface area (Å²) in [5, 5.41) is 2.81. The molecule has 5 nitrogen and oxygen atoms in total. The number of likely N-dealkylation sites (N-methyl/N-ethyl adjacent to an activating group) is 1. The fraction of sp³-hybridized carbons (Fsp3) is 0.909. The first-order valence-corrected chi connectivity index (χ1v) is 5.62. The van der Waals surface area contributed by atoms with Crippen LogP contribution in [-0.2, 0) is 9.53 Å². The average Bonchev–Trinajstić information content (AvgIpc) is 2.19. The number of nitrogens with one attached hydrogen (secondary N) is 1. The molecule has 0 rings (SSSR count). The first-order chi connectivity index (χ1) is 7.38. The Morgan fingerprint density at radius 3 is 2.56 bits per heavy atom. The summed E-state index contributed by atoms with van der Waals surface area (Å²) in [4.78, 5) is 13.6. The highest BCUT2D eigenvalue weighted by Crippen LogP contribution is 1.95. The maximum absolute atomic E-state index is 11.4. The number of carbonyl (C=O) groups is 1. The minimum absolute atomic E-state index is 0.105. The molecule has 16 heavy (non-hydrogen) atoms. The van der Waals surface area contributed by atoms with Gasteiger partial charge in [-0.25, -0.2) is 0 Å². The van der Waals surface area contributed by atoms with Crippen molar-refractivity contribution in [2.24, 2.45) is 5.73 Å². The standard InChI is InChI=1S/C11H25N3O2/c1-11(2,12)10(15)13-6-5-7-14(3)8-9-16-4/h5-9,12H2,1-4H3,(H,13,15). The van der Waals surface area contributed by atoms with E-state index in [2.05, 4.69) is 10.2 Å². The molecule has 0 radical (unpaired) electrons. The molecule has 0 aliphatic carbocycles. The van der Waals surface area contributed by atoms with Crippen molar-refractivity contribution in [3.05, 3.63) is 0 Å². The molecule has 0 atom stereocenters. The second-order valence-electron chi connectivity index (χ2n) is 4.63. The molecule has 0 aromatic heterocycles. The van der Waals surface area contributed by atoms with Gasteiger partial charge in [-0.15, -0.1) is 0 Å². The van der Waals surface area contributed by atoms with Crippen LogP contribution in [0.3, 0.4) is 0 Å². The Morgan fingerprint density at radius 2 is 2.06 bits per heavy atom. The lowest BCUT2D eigenvalue weighted by molar-refractivity contribution is -0.125. The van der Waals surface area contributed by atoms with Gasteiger partial charge in [0.15, 0.2) is 0 Å². The van der Waals surface area contributed by atoms with Gasteiger partial charge in [-0.1, -0.05) is 0 Å². The van der Waals surface area contributed by atoms with Crippen LogP contribution in [0, 0.1) is 0 Å². The number of hydrogen-bond donors (Lipinski definition) is 2.